The molecule has 102 valence electrons. The first-order valence-electron chi connectivity index (χ1n) is 6.59. The van der Waals surface area contributed by atoms with Crippen LogP contribution in [0.5, 0.6) is 11.5 Å². The Labute approximate surface area is 111 Å². The Morgan fingerprint density at radius 1 is 1.32 bits per heavy atom. The van der Waals surface area contributed by atoms with Gasteiger partial charge >= 0.3 is 0 Å². The number of aliphatic hydroxyl groups is 1. The third-order valence-corrected chi connectivity index (χ3v) is 3.49. The number of fused-ring (bicyclic) bond motifs is 1. The van der Waals surface area contributed by atoms with Gasteiger partial charge in [-0.3, -0.25) is 4.79 Å². The van der Waals surface area contributed by atoms with Gasteiger partial charge < -0.3 is 19.5 Å². The number of rotatable bonds is 1. The Morgan fingerprint density at radius 2 is 2.11 bits per heavy atom. The van der Waals surface area contributed by atoms with Gasteiger partial charge in [0.2, 0.25) is 6.10 Å². The lowest BCUT2D eigenvalue weighted by Crippen LogP contribution is -2.50. The standard InChI is InChI=1S/C14H17NO4/c16-10-4-3-7-15(8-10)14(17)13-9-18-11-5-1-2-6-12(11)19-13/h1-2,5-6,10,13,16H,3-4,7-9H2. The smallest absolute Gasteiger partial charge is 0.267 e. The van der Waals surface area contributed by atoms with Gasteiger partial charge in [-0.2, -0.15) is 0 Å². The van der Waals surface area contributed by atoms with Gasteiger partial charge in [0.1, 0.15) is 6.61 Å². The highest BCUT2D eigenvalue weighted by Gasteiger charge is 2.33. The van der Waals surface area contributed by atoms with Crippen LogP contribution in [0.4, 0.5) is 0 Å². The second-order valence-corrected chi connectivity index (χ2v) is 4.94. The molecule has 2 atom stereocenters. The average molecular weight is 263 g/mol. The second-order valence-electron chi connectivity index (χ2n) is 4.94. The zero-order valence-electron chi connectivity index (χ0n) is 10.6. The van der Waals surface area contributed by atoms with E-state index in [-0.39, 0.29) is 12.5 Å². The van der Waals surface area contributed by atoms with E-state index in [1.165, 1.54) is 0 Å². The molecule has 2 aliphatic rings. The summed E-state index contributed by atoms with van der Waals surface area (Å²) in [6.45, 7) is 1.29. The van der Waals surface area contributed by atoms with Gasteiger partial charge in [0.15, 0.2) is 11.5 Å². The molecule has 1 saturated heterocycles. The number of nitrogens with zero attached hydrogens (tertiary/aromatic N) is 1. The van der Waals surface area contributed by atoms with Gasteiger partial charge in [-0.25, -0.2) is 0 Å². The molecule has 1 fully saturated rings. The second kappa shape index (κ2) is 5.09. The zero-order chi connectivity index (χ0) is 13.2. The number of aliphatic hydroxyl groups excluding tert-OH is 1. The van der Waals surface area contributed by atoms with Crippen molar-refractivity contribution < 1.29 is 19.4 Å². The summed E-state index contributed by atoms with van der Waals surface area (Å²) in [4.78, 5) is 14.0. The normalized spacial score (nSPS) is 26.1. The van der Waals surface area contributed by atoms with Crippen molar-refractivity contribution in [3.63, 3.8) is 0 Å². The van der Waals surface area contributed by atoms with E-state index in [0.717, 1.165) is 12.8 Å². The Hall–Kier alpha value is -1.75. The predicted octanol–water partition coefficient (Wildman–Crippen LogP) is 0.810. The first kappa shape index (κ1) is 12.3. The predicted molar refractivity (Wildman–Crippen MR) is 68.2 cm³/mol. The van der Waals surface area contributed by atoms with Gasteiger partial charge in [0.25, 0.3) is 5.91 Å². The summed E-state index contributed by atoms with van der Waals surface area (Å²) in [5.41, 5.74) is 0. The van der Waals surface area contributed by atoms with E-state index >= 15 is 0 Å². The van der Waals surface area contributed by atoms with Gasteiger partial charge in [-0.1, -0.05) is 12.1 Å². The fraction of sp³-hybridized carbons (Fsp3) is 0.500. The molecule has 2 heterocycles. The first-order valence-corrected chi connectivity index (χ1v) is 6.59. The van der Waals surface area contributed by atoms with Crippen LogP contribution < -0.4 is 9.47 Å². The summed E-state index contributed by atoms with van der Waals surface area (Å²) in [6, 6.07) is 7.32. The number of para-hydroxylation sites is 2. The topological polar surface area (TPSA) is 59.0 Å². The minimum Gasteiger partial charge on any atom is -0.485 e. The maximum atomic E-state index is 12.3. The van der Waals surface area contributed by atoms with E-state index < -0.39 is 12.2 Å². The number of benzene rings is 1. The van der Waals surface area contributed by atoms with Crippen molar-refractivity contribution in [3.8, 4) is 11.5 Å². The molecule has 0 aromatic heterocycles. The maximum absolute atomic E-state index is 12.3. The number of likely N-dealkylation sites (tertiary alicyclic amines) is 1. The molecule has 2 unspecified atom stereocenters. The van der Waals surface area contributed by atoms with Crippen molar-refractivity contribution in [3.05, 3.63) is 24.3 Å². The Morgan fingerprint density at radius 3 is 2.89 bits per heavy atom. The highest BCUT2D eigenvalue weighted by molar-refractivity contribution is 5.82. The molecule has 19 heavy (non-hydrogen) atoms. The lowest BCUT2D eigenvalue weighted by Gasteiger charge is -2.34. The summed E-state index contributed by atoms with van der Waals surface area (Å²) >= 11 is 0. The molecule has 0 aliphatic carbocycles. The molecule has 0 saturated carbocycles. The van der Waals surface area contributed by atoms with Crippen molar-refractivity contribution in [2.75, 3.05) is 19.7 Å². The van der Waals surface area contributed by atoms with E-state index in [4.69, 9.17) is 9.47 Å². The van der Waals surface area contributed by atoms with Crippen molar-refractivity contribution in [1.82, 2.24) is 4.90 Å². The Bertz CT molecular complexity index is 476. The molecule has 0 radical (unpaired) electrons. The number of carbonyl (C=O) groups is 1. The molecule has 0 spiro atoms. The fourth-order valence-corrected chi connectivity index (χ4v) is 2.50. The van der Waals surface area contributed by atoms with Crippen molar-refractivity contribution >= 4 is 5.91 Å². The van der Waals surface area contributed by atoms with Crippen LogP contribution in [0.2, 0.25) is 0 Å². The van der Waals surface area contributed by atoms with Gasteiger partial charge in [0, 0.05) is 13.1 Å². The molecule has 1 aromatic rings. The van der Waals surface area contributed by atoms with Crippen molar-refractivity contribution in [1.29, 1.82) is 0 Å². The largest absolute Gasteiger partial charge is 0.485 e. The molecule has 5 nitrogen and oxygen atoms in total. The highest BCUT2D eigenvalue weighted by atomic mass is 16.6. The number of piperidine rings is 1. The van der Waals surface area contributed by atoms with Crippen LogP contribution in [0.15, 0.2) is 24.3 Å². The average Bonchev–Trinajstić information content (AvgIpc) is 2.46. The van der Waals surface area contributed by atoms with Crippen LogP contribution >= 0.6 is 0 Å². The lowest BCUT2D eigenvalue weighted by molar-refractivity contribution is -0.144. The number of amides is 1. The van der Waals surface area contributed by atoms with Gasteiger partial charge in [-0.15, -0.1) is 0 Å². The van der Waals surface area contributed by atoms with E-state index in [2.05, 4.69) is 0 Å². The summed E-state index contributed by atoms with van der Waals surface area (Å²) in [6.07, 6.45) is 0.556. The van der Waals surface area contributed by atoms with Crippen molar-refractivity contribution in [2.24, 2.45) is 0 Å². The fourth-order valence-electron chi connectivity index (χ4n) is 2.50. The van der Waals surface area contributed by atoms with Crippen LogP contribution in [-0.2, 0) is 4.79 Å². The number of hydrogen-bond acceptors (Lipinski definition) is 4. The first-order chi connectivity index (χ1) is 9.24. The number of carbonyl (C=O) groups excluding carboxylic acids is 1. The summed E-state index contributed by atoms with van der Waals surface area (Å²) < 4.78 is 11.2. The molecule has 2 aliphatic heterocycles. The minimum atomic E-state index is -0.611. The SMILES string of the molecule is O=C(C1COc2ccccc2O1)N1CCCC(O)C1. The number of ether oxygens (including phenoxy) is 2. The monoisotopic (exact) mass is 263 g/mol. The highest BCUT2D eigenvalue weighted by Crippen LogP contribution is 2.31. The molecule has 1 amide bonds. The van der Waals surface area contributed by atoms with E-state index in [0.29, 0.717) is 24.6 Å². The molecule has 0 bridgehead atoms. The van der Waals surface area contributed by atoms with E-state index in [9.17, 15) is 9.90 Å². The summed E-state index contributed by atoms with van der Waals surface area (Å²) in [7, 11) is 0. The Balaban J connectivity index is 1.69. The third-order valence-electron chi connectivity index (χ3n) is 3.49. The number of hydrogen-bond donors (Lipinski definition) is 1. The van der Waals surface area contributed by atoms with Crippen molar-refractivity contribution in [2.45, 2.75) is 25.0 Å². The van der Waals surface area contributed by atoms with E-state index in [1.807, 2.05) is 18.2 Å². The van der Waals surface area contributed by atoms with E-state index in [1.54, 1.807) is 11.0 Å². The van der Waals surface area contributed by atoms with Gasteiger partial charge in [0.05, 0.1) is 6.10 Å². The van der Waals surface area contributed by atoms with Crippen LogP contribution in [0.3, 0.4) is 0 Å². The molecule has 1 N–H and O–H groups in total. The number of β-amino-alcohol motifs (C(OH)–C–C–N with tert-alkyl or cyclic N) is 1. The maximum Gasteiger partial charge on any atom is 0.267 e. The summed E-state index contributed by atoms with van der Waals surface area (Å²) in [5.74, 6) is 1.17. The van der Waals surface area contributed by atoms with Crippen LogP contribution in [0.25, 0.3) is 0 Å². The summed E-state index contributed by atoms with van der Waals surface area (Å²) in [5, 5.41) is 9.62. The van der Waals surface area contributed by atoms with Crippen LogP contribution in [0, 0.1) is 0 Å². The molecular weight excluding hydrogens is 246 g/mol. The molecule has 5 heteroatoms. The van der Waals surface area contributed by atoms with Crippen LogP contribution in [-0.4, -0.2) is 47.8 Å². The van der Waals surface area contributed by atoms with Gasteiger partial charge in [-0.05, 0) is 25.0 Å². The third kappa shape index (κ3) is 2.51. The molecule has 1 aromatic carbocycles. The lowest BCUT2D eigenvalue weighted by atomic mass is 10.1. The Kier molecular flexibility index (Phi) is 3.29. The zero-order valence-corrected chi connectivity index (χ0v) is 10.6. The quantitative estimate of drug-likeness (QED) is 0.814. The molecule has 3 rings (SSSR count). The minimum absolute atomic E-state index is 0.103. The van der Waals surface area contributed by atoms with Crippen LogP contribution in [0.1, 0.15) is 12.8 Å². The molecular formula is C14H17NO4.